The minimum absolute atomic E-state index is 0.0159. The van der Waals surface area contributed by atoms with Gasteiger partial charge in [-0.25, -0.2) is 10.2 Å². The van der Waals surface area contributed by atoms with E-state index in [9.17, 15) is 14.7 Å². The van der Waals surface area contributed by atoms with Gasteiger partial charge < -0.3 is 15.3 Å². The monoisotopic (exact) mass is 350 g/mol. The van der Waals surface area contributed by atoms with Crippen LogP contribution < -0.4 is 5.43 Å². The first-order chi connectivity index (χ1) is 11.5. The van der Waals surface area contributed by atoms with Crippen molar-refractivity contribution in [3.8, 4) is 11.9 Å². The molecular weight excluding hydrogens is 340 g/mol. The van der Waals surface area contributed by atoms with Crippen molar-refractivity contribution in [1.82, 2.24) is 25.6 Å². The largest absolute Gasteiger partial charge is 0.491 e. The van der Waals surface area contributed by atoms with Gasteiger partial charge in [0.05, 0.1) is 23.2 Å². The third-order valence-corrected chi connectivity index (χ3v) is 3.33. The fraction of sp³-hybridized carbons (Fsp3) is 0.0833. The molecule has 0 bridgehead atoms. The van der Waals surface area contributed by atoms with E-state index in [0.717, 1.165) is 11.8 Å². The lowest BCUT2D eigenvalue weighted by atomic mass is 10.2. The average Bonchev–Trinajstić information content (AvgIpc) is 2.54. The SMILES string of the molecule is O=C(CSc1nnc(O)nc1O)N/N=C/c1ccc(C(=O)O)cn1. The number of pyridine rings is 1. The first-order valence-corrected chi connectivity index (χ1v) is 7.21. The number of nitrogens with one attached hydrogen (secondary N) is 1. The molecule has 0 fully saturated rings. The van der Waals surface area contributed by atoms with Crippen molar-refractivity contribution in [3.05, 3.63) is 29.6 Å². The summed E-state index contributed by atoms with van der Waals surface area (Å²) in [5, 5.41) is 37.4. The summed E-state index contributed by atoms with van der Waals surface area (Å²) in [6.07, 6.45) is 2.41. The molecule has 2 rings (SSSR count). The number of hydrogen-bond donors (Lipinski definition) is 4. The van der Waals surface area contributed by atoms with E-state index in [0.29, 0.717) is 5.69 Å². The van der Waals surface area contributed by atoms with Crippen molar-refractivity contribution < 1.29 is 24.9 Å². The van der Waals surface area contributed by atoms with E-state index >= 15 is 0 Å². The molecule has 11 nitrogen and oxygen atoms in total. The molecule has 0 aliphatic rings. The molecule has 4 N–H and O–H groups in total. The van der Waals surface area contributed by atoms with Gasteiger partial charge in [-0.15, -0.1) is 5.10 Å². The Balaban J connectivity index is 1.83. The zero-order chi connectivity index (χ0) is 17.5. The van der Waals surface area contributed by atoms with Gasteiger partial charge in [-0.05, 0) is 12.1 Å². The van der Waals surface area contributed by atoms with Crippen molar-refractivity contribution >= 4 is 29.9 Å². The molecule has 0 aromatic carbocycles. The fourth-order valence-corrected chi connectivity index (χ4v) is 1.94. The second-order valence-electron chi connectivity index (χ2n) is 4.10. The molecular formula is C12H10N6O5S. The molecule has 0 aliphatic carbocycles. The lowest BCUT2D eigenvalue weighted by molar-refractivity contribution is -0.118. The van der Waals surface area contributed by atoms with Crippen LogP contribution in [0, 0.1) is 0 Å². The molecule has 24 heavy (non-hydrogen) atoms. The number of amides is 1. The van der Waals surface area contributed by atoms with Gasteiger partial charge in [-0.2, -0.15) is 10.1 Å². The number of aromatic hydroxyl groups is 2. The van der Waals surface area contributed by atoms with Crippen LogP contribution in [0.3, 0.4) is 0 Å². The number of carbonyl (C=O) groups excluding carboxylic acids is 1. The van der Waals surface area contributed by atoms with Crippen LogP contribution in [0.25, 0.3) is 0 Å². The molecule has 0 radical (unpaired) electrons. The van der Waals surface area contributed by atoms with Gasteiger partial charge in [-0.1, -0.05) is 16.9 Å². The number of aromatic carboxylic acids is 1. The fourth-order valence-electron chi connectivity index (χ4n) is 1.34. The molecule has 1 amide bonds. The summed E-state index contributed by atoms with van der Waals surface area (Å²) in [5.74, 6) is -2.25. The third kappa shape index (κ3) is 4.88. The van der Waals surface area contributed by atoms with Crippen molar-refractivity contribution in [1.29, 1.82) is 0 Å². The van der Waals surface area contributed by atoms with Gasteiger partial charge in [-0.3, -0.25) is 9.78 Å². The number of aromatic nitrogens is 4. The van der Waals surface area contributed by atoms with Crippen LogP contribution in [0.5, 0.6) is 11.9 Å². The second kappa shape index (κ2) is 7.82. The number of thioether (sulfide) groups is 1. The highest BCUT2D eigenvalue weighted by Gasteiger charge is 2.10. The predicted molar refractivity (Wildman–Crippen MR) is 80.8 cm³/mol. The van der Waals surface area contributed by atoms with E-state index in [-0.39, 0.29) is 16.3 Å². The molecule has 2 heterocycles. The number of carboxylic acid groups (broad SMARTS) is 1. The Morgan fingerprint density at radius 2 is 2.08 bits per heavy atom. The van der Waals surface area contributed by atoms with Crippen molar-refractivity contribution in [3.63, 3.8) is 0 Å². The second-order valence-corrected chi connectivity index (χ2v) is 5.06. The van der Waals surface area contributed by atoms with Gasteiger partial charge in [0.15, 0.2) is 5.03 Å². The van der Waals surface area contributed by atoms with Gasteiger partial charge in [0, 0.05) is 6.20 Å². The maximum atomic E-state index is 11.6. The zero-order valence-corrected chi connectivity index (χ0v) is 12.6. The van der Waals surface area contributed by atoms with E-state index in [1.54, 1.807) is 0 Å². The molecule has 0 spiro atoms. The summed E-state index contributed by atoms with van der Waals surface area (Å²) in [4.78, 5) is 29.4. The summed E-state index contributed by atoms with van der Waals surface area (Å²) in [6.45, 7) is 0. The number of carbonyl (C=O) groups is 2. The van der Waals surface area contributed by atoms with Crippen molar-refractivity contribution in [2.75, 3.05) is 5.75 Å². The molecule has 0 unspecified atom stereocenters. The minimum atomic E-state index is -1.09. The molecule has 0 saturated carbocycles. The summed E-state index contributed by atoms with van der Waals surface area (Å²) >= 11 is 0.851. The van der Waals surface area contributed by atoms with Crippen molar-refractivity contribution in [2.24, 2.45) is 5.10 Å². The summed E-state index contributed by atoms with van der Waals surface area (Å²) in [7, 11) is 0. The number of nitrogens with zero attached hydrogens (tertiary/aromatic N) is 5. The smallest absolute Gasteiger partial charge is 0.337 e. The molecule has 2 aromatic rings. The van der Waals surface area contributed by atoms with E-state index in [1.165, 1.54) is 24.5 Å². The van der Waals surface area contributed by atoms with Crippen molar-refractivity contribution in [2.45, 2.75) is 5.03 Å². The predicted octanol–water partition coefficient (Wildman–Crippen LogP) is -0.382. The van der Waals surface area contributed by atoms with Crippen LogP contribution >= 0.6 is 11.8 Å². The number of hydrazone groups is 1. The molecule has 2 aromatic heterocycles. The molecule has 12 heteroatoms. The maximum Gasteiger partial charge on any atom is 0.337 e. The van der Waals surface area contributed by atoms with E-state index < -0.39 is 23.8 Å². The Kier molecular flexibility index (Phi) is 5.57. The molecule has 0 aliphatic heterocycles. The lowest BCUT2D eigenvalue weighted by Crippen LogP contribution is -2.19. The van der Waals surface area contributed by atoms with Crippen LogP contribution in [0.1, 0.15) is 16.1 Å². The lowest BCUT2D eigenvalue weighted by Gasteiger charge is -2.01. The van der Waals surface area contributed by atoms with Crippen LogP contribution in [0.4, 0.5) is 0 Å². The van der Waals surface area contributed by atoms with Crippen LogP contribution in [0.2, 0.25) is 0 Å². The topological polar surface area (TPSA) is 171 Å². The van der Waals surface area contributed by atoms with Crippen LogP contribution in [-0.2, 0) is 4.79 Å². The summed E-state index contributed by atoms with van der Waals surface area (Å²) in [5.41, 5.74) is 2.62. The Hall–Kier alpha value is -3.28. The van der Waals surface area contributed by atoms with E-state index in [1.807, 2.05) is 0 Å². The Morgan fingerprint density at radius 1 is 1.29 bits per heavy atom. The van der Waals surface area contributed by atoms with Gasteiger partial charge in [0.2, 0.25) is 5.91 Å². The highest BCUT2D eigenvalue weighted by atomic mass is 32.2. The van der Waals surface area contributed by atoms with Gasteiger partial charge in [0.1, 0.15) is 0 Å². The number of carboxylic acids is 1. The third-order valence-electron chi connectivity index (χ3n) is 2.39. The first kappa shape index (κ1) is 17.1. The Labute approximate surface area is 138 Å². The standard InChI is InChI=1S/C12H10N6O5S/c19-8(5-24-10-9(20)15-12(23)18-17-10)16-14-4-7-2-1-6(3-13-7)11(21)22/h1-4H,5H2,(H,16,19)(H,21,22)(H2,15,18,20,23)/b14-4+. The Morgan fingerprint density at radius 3 is 2.71 bits per heavy atom. The Bertz CT molecular complexity index is 782. The average molecular weight is 350 g/mol. The summed E-state index contributed by atoms with van der Waals surface area (Å²) < 4.78 is 0. The molecule has 0 atom stereocenters. The number of hydrogen-bond acceptors (Lipinski definition) is 10. The quantitative estimate of drug-likeness (QED) is 0.306. The molecule has 124 valence electrons. The minimum Gasteiger partial charge on any atom is -0.491 e. The highest BCUT2D eigenvalue weighted by molar-refractivity contribution is 8.00. The highest BCUT2D eigenvalue weighted by Crippen LogP contribution is 2.23. The molecule has 0 saturated heterocycles. The van der Waals surface area contributed by atoms with Gasteiger partial charge in [0.25, 0.3) is 5.88 Å². The normalized spacial score (nSPS) is 10.7. The zero-order valence-electron chi connectivity index (χ0n) is 11.8. The maximum absolute atomic E-state index is 11.6. The summed E-state index contributed by atoms with van der Waals surface area (Å²) in [6, 6.07) is 2.12. The van der Waals surface area contributed by atoms with Crippen LogP contribution in [-0.4, -0.2) is 59.3 Å². The van der Waals surface area contributed by atoms with E-state index in [2.05, 4.69) is 30.7 Å². The first-order valence-electron chi connectivity index (χ1n) is 6.22. The van der Waals surface area contributed by atoms with E-state index in [4.69, 9.17) is 10.2 Å². The van der Waals surface area contributed by atoms with Gasteiger partial charge >= 0.3 is 12.0 Å². The number of rotatable bonds is 6. The van der Waals surface area contributed by atoms with Crippen LogP contribution in [0.15, 0.2) is 28.5 Å².